The summed E-state index contributed by atoms with van der Waals surface area (Å²) in [5, 5.41) is 9.43. The Kier molecular flexibility index (Phi) is 8.76. The summed E-state index contributed by atoms with van der Waals surface area (Å²) in [4.78, 5) is 15.6. The lowest BCUT2D eigenvalue weighted by Crippen LogP contribution is -2.40. The molecule has 156 valence electrons. The van der Waals surface area contributed by atoms with Crippen LogP contribution in [-0.4, -0.2) is 32.8 Å². The minimum atomic E-state index is -0.477. The molecule has 0 atom stereocenters. The van der Waals surface area contributed by atoms with Gasteiger partial charge in [-0.2, -0.15) is 0 Å². The number of carbonyl (C=O) groups excluding carboxylic acids is 1. The number of amides is 1. The van der Waals surface area contributed by atoms with Crippen LogP contribution in [0.25, 0.3) is 0 Å². The van der Waals surface area contributed by atoms with Crippen LogP contribution in [0, 0.1) is 0 Å². The zero-order valence-electron chi connectivity index (χ0n) is 16.5. The molecule has 0 aromatic heterocycles. The zero-order valence-corrected chi connectivity index (χ0v) is 20.4. The van der Waals surface area contributed by atoms with Crippen LogP contribution in [0.3, 0.4) is 0 Å². The lowest BCUT2D eigenvalue weighted by Gasteiger charge is -2.19. The largest absolute Gasteiger partial charge is 0.453 e. The van der Waals surface area contributed by atoms with Gasteiger partial charge in [0, 0.05) is 35.7 Å². The van der Waals surface area contributed by atoms with Crippen LogP contribution in [0.4, 0.5) is 10.5 Å². The highest BCUT2D eigenvalue weighted by Gasteiger charge is 2.44. The van der Waals surface area contributed by atoms with E-state index in [1.165, 1.54) is 25.5 Å². The molecule has 0 radical (unpaired) electrons. The molecule has 3 N–H and O–H groups in total. The zero-order chi connectivity index (χ0) is 20.0. The first kappa shape index (κ1) is 23.5. The van der Waals surface area contributed by atoms with Crippen molar-refractivity contribution in [2.75, 3.05) is 26.0 Å². The Hall–Kier alpha value is -1.81. The minimum Gasteiger partial charge on any atom is -0.453 e. The van der Waals surface area contributed by atoms with Gasteiger partial charge in [0.2, 0.25) is 0 Å². The molecule has 0 spiro atoms. The molecule has 1 saturated carbocycles. The van der Waals surface area contributed by atoms with E-state index in [1.54, 1.807) is 7.05 Å². The molecule has 29 heavy (non-hydrogen) atoms. The van der Waals surface area contributed by atoms with Crippen LogP contribution in [-0.2, 0) is 16.7 Å². The Morgan fingerprint density at radius 3 is 2.48 bits per heavy atom. The van der Waals surface area contributed by atoms with Crippen LogP contribution in [0.5, 0.6) is 0 Å². The summed E-state index contributed by atoms with van der Waals surface area (Å²) in [5.41, 5.74) is 3.34. The van der Waals surface area contributed by atoms with Crippen molar-refractivity contribution in [2.45, 2.75) is 24.8 Å². The van der Waals surface area contributed by atoms with E-state index < -0.39 is 6.09 Å². The van der Waals surface area contributed by atoms with E-state index >= 15 is 0 Å². The Bertz CT molecular complexity index is 854. The molecule has 3 rings (SSSR count). The second kappa shape index (κ2) is 10.8. The van der Waals surface area contributed by atoms with Gasteiger partial charge < -0.3 is 15.4 Å². The fraction of sp³-hybridized carbons (Fsp3) is 0.333. The third-order valence-electron chi connectivity index (χ3n) is 4.95. The summed E-state index contributed by atoms with van der Waals surface area (Å²) in [6.07, 6.45) is 1.89. The van der Waals surface area contributed by atoms with Gasteiger partial charge >= 0.3 is 6.09 Å². The maximum atomic E-state index is 11.2. The van der Waals surface area contributed by atoms with Gasteiger partial charge in [0.1, 0.15) is 0 Å². The number of nitrogens with one attached hydrogen (secondary N) is 3. The fourth-order valence-electron chi connectivity index (χ4n) is 3.07. The van der Waals surface area contributed by atoms with Crippen molar-refractivity contribution < 1.29 is 9.53 Å². The van der Waals surface area contributed by atoms with Crippen molar-refractivity contribution >= 4 is 57.6 Å². The van der Waals surface area contributed by atoms with Gasteiger partial charge in [0.05, 0.1) is 7.11 Å². The number of methoxy groups -OCH3 is 1. The molecule has 1 aliphatic carbocycles. The molecule has 2 aromatic rings. The Morgan fingerprint density at radius 2 is 1.90 bits per heavy atom. The van der Waals surface area contributed by atoms with Crippen LogP contribution in [0.2, 0.25) is 0 Å². The summed E-state index contributed by atoms with van der Waals surface area (Å²) in [6, 6.07) is 16.1. The predicted octanol–water partition coefficient (Wildman–Crippen LogP) is 4.64. The summed E-state index contributed by atoms with van der Waals surface area (Å²) in [6.45, 7) is 1.49. The number of hydrogen-bond acceptors (Lipinski definition) is 3. The van der Waals surface area contributed by atoms with Crippen molar-refractivity contribution in [1.29, 1.82) is 0 Å². The average molecular weight is 573 g/mol. The number of guanidine groups is 1. The van der Waals surface area contributed by atoms with Crippen LogP contribution in [0.1, 0.15) is 24.0 Å². The second-order valence-electron chi connectivity index (χ2n) is 6.88. The number of carbonyl (C=O) groups is 1. The lowest BCUT2D eigenvalue weighted by atomic mass is 9.96. The number of nitrogens with zero attached hydrogens (tertiary/aromatic N) is 1. The lowest BCUT2D eigenvalue weighted by molar-refractivity contribution is 0.187. The highest BCUT2D eigenvalue weighted by Crippen LogP contribution is 2.48. The summed E-state index contributed by atoms with van der Waals surface area (Å²) < 4.78 is 5.70. The molecular weight excluding hydrogens is 547 g/mol. The minimum absolute atomic E-state index is 0. The first-order chi connectivity index (χ1) is 13.5. The first-order valence-corrected chi connectivity index (χ1v) is 9.98. The van der Waals surface area contributed by atoms with E-state index in [2.05, 4.69) is 65.9 Å². The van der Waals surface area contributed by atoms with Gasteiger partial charge in [-0.05, 0) is 48.2 Å². The molecule has 0 heterocycles. The molecule has 8 heteroatoms. The van der Waals surface area contributed by atoms with Crippen LogP contribution in [0.15, 0.2) is 58.0 Å². The standard InChI is InChI=1S/C21H25BrN4O2.HI/c1-23-19(24-13-15-6-8-18(9-7-15)26-20(27)28-2)25-14-21(10-11-21)16-4-3-5-17(22)12-16;/h3-9,12H,10-11,13-14H2,1-2H3,(H,26,27)(H2,23,24,25);1H. The second-order valence-corrected chi connectivity index (χ2v) is 7.80. The molecule has 2 aromatic carbocycles. The monoisotopic (exact) mass is 572 g/mol. The number of rotatable bonds is 6. The predicted molar refractivity (Wildman–Crippen MR) is 131 cm³/mol. The summed E-state index contributed by atoms with van der Waals surface area (Å²) in [7, 11) is 3.12. The van der Waals surface area contributed by atoms with E-state index in [-0.39, 0.29) is 29.4 Å². The number of ether oxygens (including phenoxy) is 1. The number of hydrogen-bond donors (Lipinski definition) is 3. The average Bonchev–Trinajstić information content (AvgIpc) is 3.50. The van der Waals surface area contributed by atoms with Crippen molar-refractivity contribution in [2.24, 2.45) is 4.99 Å². The maximum Gasteiger partial charge on any atom is 0.411 e. The molecule has 0 aliphatic heterocycles. The third-order valence-corrected chi connectivity index (χ3v) is 5.45. The number of halogens is 2. The summed E-state index contributed by atoms with van der Waals surface area (Å²) in [5.74, 6) is 0.776. The number of benzene rings is 2. The third kappa shape index (κ3) is 6.60. The van der Waals surface area contributed by atoms with Crippen molar-refractivity contribution in [1.82, 2.24) is 10.6 Å². The van der Waals surface area contributed by atoms with Gasteiger partial charge in [-0.1, -0.05) is 40.2 Å². The van der Waals surface area contributed by atoms with E-state index in [4.69, 9.17) is 0 Å². The molecule has 0 bridgehead atoms. The molecule has 1 amide bonds. The normalized spacial score (nSPS) is 14.4. The van der Waals surface area contributed by atoms with Gasteiger partial charge in [0.15, 0.2) is 5.96 Å². The highest BCUT2D eigenvalue weighted by molar-refractivity contribution is 14.0. The molecule has 0 saturated heterocycles. The SMILES string of the molecule is CN=C(NCc1ccc(NC(=O)OC)cc1)NCC1(c2cccc(Br)c2)CC1.I. The Morgan fingerprint density at radius 1 is 1.17 bits per heavy atom. The van der Waals surface area contributed by atoms with Crippen molar-refractivity contribution in [3.63, 3.8) is 0 Å². The molecule has 0 unspecified atom stereocenters. The Balaban J connectivity index is 0.00000300. The fourth-order valence-corrected chi connectivity index (χ4v) is 3.47. The van der Waals surface area contributed by atoms with Crippen LogP contribution < -0.4 is 16.0 Å². The van der Waals surface area contributed by atoms with E-state index in [9.17, 15) is 4.79 Å². The maximum absolute atomic E-state index is 11.2. The number of anilines is 1. The molecular formula is C21H26BrIN4O2. The Labute approximate surface area is 197 Å². The quantitative estimate of drug-likeness (QED) is 0.268. The molecule has 6 nitrogen and oxygen atoms in total. The summed E-state index contributed by atoms with van der Waals surface area (Å²) >= 11 is 3.56. The van der Waals surface area contributed by atoms with E-state index in [0.717, 1.165) is 22.5 Å². The van der Waals surface area contributed by atoms with Gasteiger partial charge in [-0.3, -0.25) is 10.3 Å². The van der Waals surface area contributed by atoms with Crippen LogP contribution >= 0.6 is 39.9 Å². The van der Waals surface area contributed by atoms with Gasteiger partial charge in [0.25, 0.3) is 0 Å². The van der Waals surface area contributed by atoms with E-state index in [1.807, 2.05) is 24.3 Å². The van der Waals surface area contributed by atoms with Gasteiger partial charge in [-0.15, -0.1) is 24.0 Å². The topological polar surface area (TPSA) is 74.8 Å². The van der Waals surface area contributed by atoms with Crippen molar-refractivity contribution in [3.05, 3.63) is 64.1 Å². The number of aliphatic imine (C=N–C) groups is 1. The van der Waals surface area contributed by atoms with E-state index in [0.29, 0.717) is 12.2 Å². The molecule has 1 fully saturated rings. The first-order valence-electron chi connectivity index (χ1n) is 9.19. The highest BCUT2D eigenvalue weighted by atomic mass is 127. The van der Waals surface area contributed by atoms with Crippen molar-refractivity contribution in [3.8, 4) is 0 Å². The van der Waals surface area contributed by atoms with Gasteiger partial charge in [-0.25, -0.2) is 4.79 Å². The molecule has 1 aliphatic rings. The smallest absolute Gasteiger partial charge is 0.411 e.